The second-order valence-corrected chi connectivity index (χ2v) is 4.39. The number of nitrogens with zero attached hydrogens (tertiary/aromatic N) is 1. The molecule has 2 aromatic carbocycles. The van der Waals surface area contributed by atoms with Gasteiger partial charge in [-0.2, -0.15) is 0 Å². The number of benzene rings is 2. The molecule has 1 heterocycles. The minimum Gasteiger partial charge on any atom is -0.508 e. The van der Waals surface area contributed by atoms with E-state index in [1.807, 2.05) is 12.1 Å². The summed E-state index contributed by atoms with van der Waals surface area (Å²) in [5.74, 6) is -0.501. The highest BCUT2D eigenvalue weighted by molar-refractivity contribution is 6.24. The zero-order chi connectivity index (χ0) is 13.4. The molecular formula is C15H11NO3. The number of rotatable bonds is 1. The summed E-state index contributed by atoms with van der Waals surface area (Å²) in [5, 5.41) is 9.22. The molecule has 3 rings (SSSR count). The van der Waals surface area contributed by atoms with Gasteiger partial charge in [-0.25, -0.2) is 4.90 Å². The highest BCUT2D eigenvalue weighted by Gasteiger charge is 2.32. The number of aromatic hydroxyl groups is 1. The summed E-state index contributed by atoms with van der Waals surface area (Å²) in [7, 11) is 0. The van der Waals surface area contributed by atoms with Gasteiger partial charge in [-0.1, -0.05) is 18.2 Å². The topological polar surface area (TPSA) is 57.6 Å². The Balaban J connectivity index is 2.00. The predicted molar refractivity (Wildman–Crippen MR) is 70.1 cm³/mol. The van der Waals surface area contributed by atoms with E-state index in [9.17, 15) is 14.7 Å². The third kappa shape index (κ3) is 1.87. The van der Waals surface area contributed by atoms with E-state index >= 15 is 0 Å². The molecule has 0 bridgehead atoms. The van der Waals surface area contributed by atoms with Crippen LogP contribution in [0.5, 0.6) is 5.75 Å². The van der Waals surface area contributed by atoms with Crippen LogP contribution in [-0.2, 0) is 11.2 Å². The van der Waals surface area contributed by atoms with Crippen LogP contribution in [0.3, 0.4) is 0 Å². The second-order valence-electron chi connectivity index (χ2n) is 4.39. The van der Waals surface area contributed by atoms with Crippen molar-refractivity contribution in [2.45, 2.75) is 6.42 Å². The quantitative estimate of drug-likeness (QED) is 0.792. The van der Waals surface area contributed by atoms with E-state index in [-0.39, 0.29) is 24.0 Å². The lowest BCUT2D eigenvalue weighted by molar-refractivity contribution is -0.116. The molecule has 0 saturated carbocycles. The molecule has 1 aliphatic rings. The Kier molecular flexibility index (Phi) is 2.56. The fourth-order valence-electron chi connectivity index (χ4n) is 2.21. The van der Waals surface area contributed by atoms with Crippen molar-refractivity contribution in [2.24, 2.45) is 0 Å². The normalized spacial score (nSPS) is 13.5. The van der Waals surface area contributed by atoms with E-state index in [0.717, 1.165) is 5.56 Å². The van der Waals surface area contributed by atoms with Gasteiger partial charge in [-0.3, -0.25) is 9.59 Å². The van der Waals surface area contributed by atoms with Crippen LogP contribution in [0.2, 0.25) is 0 Å². The molecule has 0 atom stereocenters. The summed E-state index contributed by atoms with van der Waals surface area (Å²) in [6, 6.07) is 13.1. The third-order valence-electron chi connectivity index (χ3n) is 3.14. The van der Waals surface area contributed by atoms with Crippen LogP contribution in [0.1, 0.15) is 15.9 Å². The molecule has 2 aromatic rings. The molecule has 0 saturated heterocycles. The van der Waals surface area contributed by atoms with Crippen LogP contribution >= 0.6 is 0 Å². The molecule has 0 fully saturated rings. The largest absolute Gasteiger partial charge is 0.508 e. The molecule has 1 aliphatic heterocycles. The summed E-state index contributed by atoms with van der Waals surface area (Å²) in [4.78, 5) is 25.5. The second kappa shape index (κ2) is 4.24. The minimum absolute atomic E-state index is 0.0877. The Bertz CT molecular complexity index is 661. The Morgan fingerprint density at radius 2 is 1.74 bits per heavy atom. The van der Waals surface area contributed by atoms with E-state index in [2.05, 4.69) is 0 Å². The number of carbonyl (C=O) groups is 2. The molecule has 0 spiro atoms. The lowest BCUT2D eigenvalue weighted by Gasteiger charge is -2.15. The number of para-hydroxylation sites is 1. The maximum Gasteiger partial charge on any atom is 0.265 e. The molecule has 19 heavy (non-hydrogen) atoms. The van der Waals surface area contributed by atoms with E-state index in [1.54, 1.807) is 12.1 Å². The van der Waals surface area contributed by atoms with Crippen molar-refractivity contribution in [3.05, 3.63) is 59.7 Å². The van der Waals surface area contributed by atoms with Crippen LogP contribution in [0.15, 0.2) is 48.5 Å². The molecule has 2 amide bonds. The Morgan fingerprint density at radius 3 is 2.47 bits per heavy atom. The van der Waals surface area contributed by atoms with Gasteiger partial charge in [0, 0.05) is 5.56 Å². The average Bonchev–Trinajstić information content (AvgIpc) is 2.74. The van der Waals surface area contributed by atoms with Crippen molar-refractivity contribution in [2.75, 3.05) is 4.90 Å². The monoisotopic (exact) mass is 253 g/mol. The van der Waals surface area contributed by atoms with Crippen LogP contribution in [0, 0.1) is 0 Å². The van der Waals surface area contributed by atoms with Gasteiger partial charge in [-0.05, 0) is 35.9 Å². The minimum atomic E-state index is -0.366. The Labute approximate surface area is 109 Å². The van der Waals surface area contributed by atoms with Gasteiger partial charge in [0.05, 0.1) is 12.1 Å². The summed E-state index contributed by atoms with van der Waals surface area (Å²) in [6.45, 7) is 0. The van der Waals surface area contributed by atoms with Crippen LogP contribution in [0.4, 0.5) is 5.69 Å². The Morgan fingerprint density at radius 1 is 1.05 bits per heavy atom. The van der Waals surface area contributed by atoms with Crippen LogP contribution in [0.25, 0.3) is 0 Å². The van der Waals surface area contributed by atoms with Gasteiger partial charge in [0.1, 0.15) is 5.75 Å². The molecule has 94 valence electrons. The number of phenols is 1. The van der Waals surface area contributed by atoms with Gasteiger partial charge in [0.15, 0.2) is 0 Å². The van der Waals surface area contributed by atoms with Crippen LogP contribution in [-0.4, -0.2) is 16.9 Å². The number of hydrogen-bond donors (Lipinski definition) is 1. The first-order valence-electron chi connectivity index (χ1n) is 5.91. The first kappa shape index (κ1) is 11.5. The molecule has 0 unspecified atom stereocenters. The number of phenolic OH excluding ortho intramolecular Hbond substituents is 1. The van der Waals surface area contributed by atoms with Gasteiger partial charge in [-0.15, -0.1) is 0 Å². The first-order chi connectivity index (χ1) is 9.16. The summed E-state index contributed by atoms with van der Waals surface area (Å²) >= 11 is 0. The number of fused-ring (bicyclic) bond motifs is 1. The van der Waals surface area contributed by atoms with Crippen molar-refractivity contribution in [3.63, 3.8) is 0 Å². The van der Waals surface area contributed by atoms with Crippen LogP contribution < -0.4 is 4.90 Å². The van der Waals surface area contributed by atoms with E-state index < -0.39 is 0 Å². The maximum absolute atomic E-state index is 12.4. The highest BCUT2D eigenvalue weighted by Crippen LogP contribution is 2.30. The van der Waals surface area contributed by atoms with E-state index in [4.69, 9.17) is 0 Å². The SMILES string of the molecule is O=C1Cc2ccccc2N1C(=O)c1ccc(O)cc1. The van der Waals surface area contributed by atoms with Gasteiger partial charge < -0.3 is 5.11 Å². The fourth-order valence-corrected chi connectivity index (χ4v) is 2.21. The number of anilines is 1. The summed E-state index contributed by atoms with van der Waals surface area (Å²) in [6.07, 6.45) is 0.250. The van der Waals surface area contributed by atoms with Gasteiger partial charge in [0.25, 0.3) is 5.91 Å². The molecular weight excluding hydrogens is 242 g/mol. The van der Waals surface area contributed by atoms with Crippen molar-refractivity contribution in [3.8, 4) is 5.75 Å². The molecule has 4 nitrogen and oxygen atoms in total. The maximum atomic E-state index is 12.4. The predicted octanol–water partition coefficient (Wildman–Crippen LogP) is 2.12. The molecule has 0 radical (unpaired) electrons. The number of hydrogen-bond acceptors (Lipinski definition) is 3. The zero-order valence-electron chi connectivity index (χ0n) is 10.0. The standard InChI is InChI=1S/C15H11NO3/c17-12-7-5-10(6-8-12)15(19)16-13-4-2-1-3-11(13)9-14(16)18/h1-8,17H,9H2. The van der Waals surface area contributed by atoms with E-state index in [0.29, 0.717) is 11.3 Å². The lowest BCUT2D eigenvalue weighted by Crippen LogP contribution is -2.33. The Hall–Kier alpha value is -2.62. The van der Waals surface area contributed by atoms with Crippen molar-refractivity contribution in [1.82, 2.24) is 0 Å². The van der Waals surface area contributed by atoms with Gasteiger partial charge >= 0.3 is 0 Å². The number of imide groups is 1. The smallest absolute Gasteiger partial charge is 0.265 e. The van der Waals surface area contributed by atoms with Crippen molar-refractivity contribution >= 4 is 17.5 Å². The van der Waals surface area contributed by atoms with Crippen molar-refractivity contribution < 1.29 is 14.7 Å². The molecule has 1 N–H and O–H groups in total. The van der Waals surface area contributed by atoms with Gasteiger partial charge in [0.2, 0.25) is 5.91 Å². The molecule has 0 aliphatic carbocycles. The summed E-state index contributed by atoms with van der Waals surface area (Å²) < 4.78 is 0. The average molecular weight is 253 g/mol. The molecule has 0 aromatic heterocycles. The fraction of sp³-hybridized carbons (Fsp3) is 0.0667. The van der Waals surface area contributed by atoms with E-state index in [1.165, 1.54) is 29.2 Å². The zero-order valence-corrected chi connectivity index (χ0v) is 10.0. The first-order valence-corrected chi connectivity index (χ1v) is 5.91. The number of amides is 2. The highest BCUT2D eigenvalue weighted by atomic mass is 16.3. The molecule has 4 heteroatoms. The van der Waals surface area contributed by atoms with Crippen molar-refractivity contribution in [1.29, 1.82) is 0 Å². The third-order valence-corrected chi connectivity index (χ3v) is 3.14. The number of carbonyl (C=O) groups excluding carboxylic acids is 2. The summed E-state index contributed by atoms with van der Waals surface area (Å²) in [5.41, 5.74) is 1.88. The lowest BCUT2D eigenvalue weighted by atomic mass is 10.1.